The molecule has 1 N–H and O–H groups in total. The summed E-state index contributed by atoms with van der Waals surface area (Å²) in [7, 11) is 1.61. The Morgan fingerprint density at radius 3 is 2.88 bits per heavy atom. The zero-order valence-corrected chi connectivity index (χ0v) is 9.18. The van der Waals surface area contributed by atoms with E-state index in [-0.39, 0.29) is 0 Å². The van der Waals surface area contributed by atoms with Crippen molar-refractivity contribution in [2.24, 2.45) is 0 Å². The lowest BCUT2D eigenvalue weighted by Gasteiger charge is -2.01. The minimum Gasteiger partial charge on any atom is -0.497 e. The van der Waals surface area contributed by atoms with E-state index in [2.05, 4.69) is 4.98 Å². The Hall–Kier alpha value is -1.81. The number of aliphatic hydroxyl groups is 1. The van der Waals surface area contributed by atoms with Gasteiger partial charge in [0.25, 0.3) is 0 Å². The zero-order valence-electron chi connectivity index (χ0n) is 9.18. The minimum absolute atomic E-state index is 0.456. The van der Waals surface area contributed by atoms with Gasteiger partial charge in [-0.25, -0.2) is 4.98 Å². The minimum atomic E-state index is -0.646. The lowest BCUT2D eigenvalue weighted by atomic mass is 10.2. The summed E-state index contributed by atoms with van der Waals surface area (Å²) in [6.45, 7) is 1.63. The van der Waals surface area contributed by atoms with Gasteiger partial charge in [0.15, 0.2) is 5.76 Å². The highest BCUT2D eigenvalue weighted by Crippen LogP contribution is 2.25. The molecule has 0 radical (unpaired) electrons. The van der Waals surface area contributed by atoms with Gasteiger partial charge in [0.2, 0.25) is 5.89 Å². The number of rotatable bonds is 3. The third kappa shape index (κ3) is 2.06. The summed E-state index contributed by atoms with van der Waals surface area (Å²) in [5.74, 6) is 1.68. The molecule has 0 saturated carbocycles. The van der Waals surface area contributed by atoms with Crippen LogP contribution in [0.3, 0.4) is 0 Å². The summed E-state index contributed by atoms with van der Waals surface area (Å²) in [4.78, 5) is 4.10. The topological polar surface area (TPSA) is 55.5 Å². The van der Waals surface area contributed by atoms with E-state index in [9.17, 15) is 5.11 Å². The molecule has 84 valence electrons. The predicted molar refractivity (Wildman–Crippen MR) is 59.1 cm³/mol. The van der Waals surface area contributed by atoms with Crippen molar-refractivity contribution < 1.29 is 14.3 Å². The number of ether oxygens (including phenoxy) is 1. The number of aliphatic hydroxyl groups excluding tert-OH is 1. The zero-order chi connectivity index (χ0) is 11.5. The van der Waals surface area contributed by atoms with E-state index in [0.717, 1.165) is 11.3 Å². The molecule has 1 atom stereocenters. The molecule has 0 spiro atoms. The maximum absolute atomic E-state index is 9.33. The van der Waals surface area contributed by atoms with Gasteiger partial charge in [-0.1, -0.05) is 6.07 Å². The third-order valence-electron chi connectivity index (χ3n) is 2.25. The molecule has 0 aliphatic heterocycles. The van der Waals surface area contributed by atoms with Gasteiger partial charge < -0.3 is 14.3 Å². The number of nitrogens with zero attached hydrogens (tertiary/aromatic N) is 1. The smallest absolute Gasteiger partial charge is 0.226 e. The predicted octanol–water partition coefficient (Wildman–Crippen LogP) is 2.40. The van der Waals surface area contributed by atoms with E-state index >= 15 is 0 Å². The molecule has 0 aliphatic rings. The number of methoxy groups -OCH3 is 1. The highest BCUT2D eigenvalue weighted by molar-refractivity contribution is 5.55. The average molecular weight is 219 g/mol. The molecule has 4 nitrogen and oxygen atoms in total. The SMILES string of the molecule is COc1cccc(-c2ncc(C(C)O)o2)c1. The molecule has 1 unspecified atom stereocenters. The lowest BCUT2D eigenvalue weighted by Crippen LogP contribution is -1.86. The van der Waals surface area contributed by atoms with Crippen molar-refractivity contribution in [3.8, 4) is 17.2 Å². The molecule has 1 heterocycles. The van der Waals surface area contributed by atoms with Crippen molar-refractivity contribution in [2.45, 2.75) is 13.0 Å². The summed E-state index contributed by atoms with van der Waals surface area (Å²) < 4.78 is 10.5. The Morgan fingerprint density at radius 2 is 2.25 bits per heavy atom. The Labute approximate surface area is 93.5 Å². The van der Waals surface area contributed by atoms with E-state index < -0.39 is 6.10 Å². The molecule has 4 heteroatoms. The summed E-state index contributed by atoms with van der Waals surface area (Å²) in [5, 5.41) is 9.33. The standard InChI is InChI=1S/C12H13NO3/c1-8(14)11-7-13-12(16-11)9-4-3-5-10(6-9)15-2/h3-8,14H,1-2H3. The van der Waals surface area contributed by atoms with Crippen LogP contribution >= 0.6 is 0 Å². The quantitative estimate of drug-likeness (QED) is 0.861. The van der Waals surface area contributed by atoms with Crippen molar-refractivity contribution >= 4 is 0 Å². The first-order chi connectivity index (χ1) is 7.70. The van der Waals surface area contributed by atoms with Gasteiger partial charge in [-0.2, -0.15) is 0 Å². The van der Waals surface area contributed by atoms with E-state index in [4.69, 9.17) is 9.15 Å². The number of hydrogen-bond donors (Lipinski definition) is 1. The summed E-state index contributed by atoms with van der Waals surface area (Å²) in [6.07, 6.45) is 0.881. The normalized spacial score (nSPS) is 12.4. The highest BCUT2D eigenvalue weighted by atomic mass is 16.5. The fraction of sp³-hybridized carbons (Fsp3) is 0.250. The van der Waals surface area contributed by atoms with Crippen molar-refractivity contribution in [3.63, 3.8) is 0 Å². The van der Waals surface area contributed by atoms with Crippen LogP contribution in [0.4, 0.5) is 0 Å². The van der Waals surface area contributed by atoms with E-state index in [1.54, 1.807) is 14.0 Å². The first-order valence-electron chi connectivity index (χ1n) is 4.99. The maximum atomic E-state index is 9.33. The Kier molecular flexibility index (Phi) is 2.92. The molecule has 2 rings (SSSR count). The van der Waals surface area contributed by atoms with Crippen LogP contribution in [0.1, 0.15) is 18.8 Å². The van der Waals surface area contributed by atoms with Gasteiger partial charge in [0.05, 0.1) is 13.3 Å². The fourth-order valence-corrected chi connectivity index (χ4v) is 1.37. The van der Waals surface area contributed by atoms with Gasteiger partial charge >= 0.3 is 0 Å². The molecule has 16 heavy (non-hydrogen) atoms. The van der Waals surface area contributed by atoms with Gasteiger partial charge in [0, 0.05) is 5.56 Å². The van der Waals surface area contributed by atoms with E-state index in [1.807, 2.05) is 24.3 Å². The van der Waals surface area contributed by atoms with E-state index in [0.29, 0.717) is 11.7 Å². The number of hydrogen-bond acceptors (Lipinski definition) is 4. The van der Waals surface area contributed by atoms with Crippen LogP contribution in [0.5, 0.6) is 5.75 Å². The molecule has 0 bridgehead atoms. The fourth-order valence-electron chi connectivity index (χ4n) is 1.37. The second kappa shape index (κ2) is 4.37. The molecule has 1 aromatic heterocycles. The highest BCUT2D eigenvalue weighted by Gasteiger charge is 2.10. The average Bonchev–Trinajstić information content (AvgIpc) is 2.78. The van der Waals surface area contributed by atoms with Crippen LogP contribution in [0.2, 0.25) is 0 Å². The molecular weight excluding hydrogens is 206 g/mol. The van der Waals surface area contributed by atoms with Crippen molar-refractivity contribution in [1.29, 1.82) is 0 Å². The van der Waals surface area contributed by atoms with Gasteiger partial charge in [-0.15, -0.1) is 0 Å². The first kappa shape index (κ1) is 10.7. The van der Waals surface area contributed by atoms with Crippen LogP contribution in [0.15, 0.2) is 34.9 Å². The van der Waals surface area contributed by atoms with Crippen LogP contribution in [-0.2, 0) is 0 Å². The van der Waals surface area contributed by atoms with Gasteiger partial charge in [-0.05, 0) is 25.1 Å². The van der Waals surface area contributed by atoms with Gasteiger partial charge in [0.1, 0.15) is 11.9 Å². The number of oxazole rings is 1. The van der Waals surface area contributed by atoms with Crippen LogP contribution in [-0.4, -0.2) is 17.2 Å². The number of benzene rings is 1. The molecular formula is C12H13NO3. The molecule has 0 amide bonds. The van der Waals surface area contributed by atoms with Crippen LogP contribution in [0, 0.1) is 0 Å². The van der Waals surface area contributed by atoms with Crippen LogP contribution < -0.4 is 4.74 Å². The largest absolute Gasteiger partial charge is 0.497 e. The first-order valence-corrected chi connectivity index (χ1v) is 4.99. The second-order valence-corrected chi connectivity index (χ2v) is 3.48. The molecule has 0 saturated heterocycles. The van der Waals surface area contributed by atoms with Crippen molar-refractivity contribution in [1.82, 2.24) is 4.98 Å². The summed E-state index contributed by atoms with van der Waals surface area (Å²) in [6, 6.07) is 7.42. The molecule has 1 aromatic carbocycles. The van der Waals surface area contributed by atoms with Gasteiger partial charge in [-0.3, -0.25) is 0 Å². The second-order valence-electron chi connectivity index (χ2n) is 3.48. The van der Waals surface area contributed by atoms with Crippen LogP contribution in [0.25, 0.3) is 11.5 Å². The lowest BCUT2D eigenvalue weighted by molar-refractivity contribution is 0.170. The molecule has 2 aromatic rings. The van der Waals surface area contributed by atoms with E-state index in [1.165, 1.54) is 6.20 Å². The summed E-state index contributed by atoms with van der Waals surface area (Å²) in [5.41, 5.74) is 0.825. The Morgan fingerprint density at radius 1 is 1.44 bits per heavy atom. The summed E-state index contributed by atoms with van der Waals surface area (Å²) >= 11 is 0. The molecule has 0 aliphatic carbocycles. The Bertz CT molecular complexity index is 477. The molecule has 0 fully saturated rings. The Balaban J connectivity index is 2.34. The van der Waals surface area contributed by atoms with Crippen molar-refractivity contribution in [3.05, 3.63) is 36.2 Å². The number of aromatic nitrogens is 1. The maximum Gasteiger partial charge on any atom is 0.226 e. The third-order valence-corrected chi connectivity index (χ3v) is 2.25. The van der Waals surface area contributed by atoms with Crippen molar-refractivity contribution in [2.75, 3.05) is 7.11 Å². The monoisotopic (exact) mass is 219 g/mol.